The second-order valence-electron chi connectivity index (χ2n) is 5.36. The van der Waals surface area contributed by atoms with Crippen LogP contribution in [0.1, 0.15) is 38.2 Å². The predicted molar refractivity (Wildman–Crippen MR) is 70.2 cm³/mol. The molecular weight excluding hydrogens is 210 g/mol. The van der Waals surface area contributed by atoms with Crippen LogP contribution in [-0.2, 0) is 6.42 Å². The van der Waals surface area contributed by atoms with Crippen LogP contribution in [-0.4, -0.2) is 11.0 Å². The SMILES string of the molecule is CC1CCC(C(Cc2cccnc2)NN)CC1. The Hall–Kier alpha value is -0.930. The molecule has 17 heavy (non-hydrogen) atoms. The summed E-state index contributed by atoms with van der Waals surface area (Å²) in [6, 6.07) is 4.51. The highest BCUT2D eigenvalue weighted by molar-refractivity contribution is 5.10. The van der Waals surface area contributed by atoms with Crippen LogP contribution in [0.15, 0.2) is 24.5 Å². The van der Waals surface area contributed by atoms with E-state index in [0.29, 0.717) is 6.04 Å². The van der Waals surface area contributed by atoms with Crippen molar-refractivity contribution in [3.63, 3.8) is 0 Å². The fourth-order valence-electron chi connectivity index (χ4n) is 2.82. The van der Waals surface area contributed by atoms with Crippen molar-refractivity contribution in [3.05, 3.63) is 30.1 Å². The molecule has 1 aliphatic carbocycles. The fraction of sp³-hybridized carbons (Fsp3) is 0.643. The van der Waals surface area contributed by atoms with Gasteiger partial charge in [-0.15, -0.1) is 0 Å². The molecule has 0 saturated heterocycles. The lowest BCUT2D eigenvalue weighted by Gasteiger charge is -2.32. The first kappa shape index (κ1) is 12.5. The molecule has 1 heterocycles. The summed E-state index contributed by atoms with van der Waals surface area (Å²) in [6.07, 6.45) is 10.0. The number of nitrogens with two attached hydrogens (primary N) is 1. The fourth-order valence-corrected chi connectivity index (χ4v) is 2.82. The average molecular weight is 233 g/mol. The molecule has 1 aromatic rings. The Morgan fingerprint density at radius 2 is 2.18 bits per heavy atom. The van der Waals surface area contributed by atoms with Gasteiger partial charge in [0.05, 0.1) is 0 Å². The second-order valence-corrected chi connectivity index (χ2v) is 5.36. The maximum absolute atomic E-state index is 5.72. The van der Waals surface area contributed by atoms with Crippen LogP contribution in [0.25, 0.3) is 0 Å². The third-order valence-electron chi connectivity index (χ3n) is 4.02. The van der Waals surface area contributed by atoms with Crippen LogP contribution in [0.2, 0.25) is 0 Å². The Labute approximate surface area is 104 Å². The summed E-state index contributed by atoms with van der Waals surface area (Å²) in [5, 5.41) is 0. The van der Waals surface area contributed by atoms with E-state index in [1.165, 1.54) is 31.2 Å². The summed E-state index contributed by atoms with van der Waals surface area (Å²) in [5.74, 6) is 7.33. The van der Waals surface area contributed by atoms with Gasteiger partial charge >= 0.3 is 0 Å². The topological polar surface area (TPSA) is 50.9 Å². The van der Waals surface area contributed by atoms with Gasteiger partial charge < -0.3 is 0 Å². The second kappa shape index (κ2) is 6.12. The molecule has 3 heteroatoms. The minimum atomic E-state index is 0.395. The van der Waals surface area contributed by atoms with Gasteiger partial charge in [0.15, 0.2) is 0 Å². The van der Waals surface area contributed by atoms with Gasteiger partial charge in [-0.3, -0.25) is 16.3 Å². The standard InChI is InChI=1S/C14H23N3/c1-11-4-6-13(7-5-11)14(17-15)9-12-3-2-8-16-10-12/h2-3,8,10-11,13-14,17H,4-7,9,15H2,1H3. The van der Waals surface area contributed by atoms with Crippen molar-refractivity contribution >= 4 is 0 Å². The molecule has 1 atom stereocenters. The van der Waals surface area contributed by atoms with Gasteiger partial charge in [0, 0.05) is 18.4 Å². The van der Waals surface area contributed by atoms with Gasteiger partial charge in [-0.1, -0.05) is 25.8 Å². The summed E-state index contributed by atoms with van der Waals surface area (Å²) in [6.45, 7) is 2.35. The summed E-state index contributed by atoms with van der Waals surface area (Å²) < 4.78 is 0. The molecule has 1 aromatic heterocycles. The van der Waals surface area contributed by atoms with E-state index >= 15 is 0 Å². The molecule has 0 aromatic carbocycles. The van der Waals surface area contributed by atoms with E-state index in [1.807, 2.05) is 18.5 Å². The summed E-state index contributed by atoms with van der Waals surface area (Å²) >= 11 is 0. The largest absolute Gasteiger partial charge is 0.271 e. The molecule has 94 valence electrons. The van der Waals surface area contributed by atoms with E-state index in [4.69, 9.17) is 5.84 Å². The lowest BCUT2D eigenvalue weighted by atomic mass is 9.78. The summed E-state index contributed by atoms with van der Waals surface area (Å²) in [7, 11) is 0. The Morgan fingerprint density at radius 3 is 2.76 bits per heavy atom. The van der Waals surface area contributed by atoms with Crippen LogP contribution in [0.4, 0.5) is 0 Å². The van der Waals surface area contributed by atoms with Gasteiger partial charge in [0.2, 0.25) is 0 Å². The first-order valence-electron chi connectivity index (χ1n) is 6.64. The first-order valence-corrected chi connectivity index (χ1v) is 6.64. The summed E-state index contributed by atoms with van der Waals surface area (Å²) in [5.41, 5.74) is 4.28. The minimum absolute atomic E-state index is 0.395. The van der Waals surface area contributed by atoms with Gasteiger partial charge in [-0.25, -0.2) is 0 Å². The Kier molecular flexibility index (Phi) is 4.51. The van der Waals surface area contributed by atoms with E-state index in [-0.39, 0.29) is 0 Å². The molecule has 1 aliphatic rings. The molecule has 0 spiro atoms. The number of hydrogen-bond acceptors (Lipinski definition) is 3. The molecule has 0 amide bonds. The first-order chi connectivity index (χ1) is 8.29. The smallest absolute Gasteiger partial charge is 0.0300 e. The molecule has 3 nitrogen and oxygen atoms in total. The lowest BCUT2D eigenvalue weighted by molar-refractivity contribution is 0.229. The molecule has 1 fully saturated rings. The molecular formula is C14H23N3. The van der Waals surface area contributed by atoms with Crippen LogP contribution in [0.5, 0.6) is 0 Å². The zero-order valence-electron chi connectivity index (χ0n) is 10.6. The van der Waals surface area contributed by atoms with E-state index in [2.05, 4.69) is 23.4 Å². The van der Waals surface area contributed by atoms with Crippen molar-refractivity contribution in [2.45, 2.75) is 45.1 Å². The van der Waals surface area contributed by atoms with Crippen LogP contribution in [0.3, 0.4) is 0 Å². The van der Waals surface area contributed by atoms with Gasteiger partial charge in [-0.2, -0.15) is 0 Å². The van der Waals surface area contributed by atoms with Crippen molar-refractivity contribution in [2.75, 3.05) is 0 Å². The number of nitrogens with one attached hydrogen (secondary N) is 1. The lowest BCUT2D eigenvalue weighted by Crippen LogP contribution is -2.43. The van der Waals surface area contributed by atoms with Gasteiger partial charge in [0.1, 0.15) is 0 Å². The highest BCUT2D eigenvalue weighted by Gasteiger charge is 2.25. The van der Waals surface area contributed by atoms with E-state index < -0.39 is 0 Å². The zero-order valence-corrected chi connectivity index (χ0v) is 10.6. The number of hydrogen-bond donors (Lipinski definition) is 2. The quantitative estimate of drug-likeness (QED) is 0.619. The van der Waals surface area contributed by atoms with E-state index in [0.717, 1.165) is 18.3 Å². The number of nitrogens with zero attached hydrogens (tertiary/aromatic N) is 1. The minimum Gasteiger partial charge on any atom is -0.271 e. The monoisotopic (exact) mass is 233 g/mol. The Bertz CT molecular complexity index is 317. The van der Waals surface area contributed by atoms with Crippen molar-refractivity contribution in [3.8, 4) is 0 Å². The molecule has 0 bridgehead atoms. The molecule has 0 radical (unpaired) electrons. The zero-order chi connectivity index (χ0) is 12.1. The van der Waals surface area contributed by atoms with Crippen molar-refractivity contribution in [1.29, 1.82) is 0 Å². The van der Waals surface area contributed by atoms with Crippen LogP contribution < -0.4 is 11.3 Å². The molecule has 0 aliphatic heterocycles. The maximum Gasteiger partial charge on any atom is 0.0300 e. The van der Waals surface area contributed by atoms with Crippen molar-refractivity contribution < 1.29 is 0 Å². The van der Waals surface area contributed by atoms with Crippen molar-refractivity contribution in [2.24, 2.45) is 17.7 Å². The van der Waals surface area contributed by atoms with Gasteiger partial charge in [-0.05, 0) is 42.7 Å². The normalized spacial score (nSPS) is 26.7. The third-order valence-corrected chi connectivity index (χ3v) is 4.02. The highest BCUT2D eigenvalue weighted by Crippen LogP contribution is 2.31. The third kappa shape index (κ3) is 3.51. The predicted octanol–water partition coefficient (Wildman–Crippen LogP) is 2.28. The van der Waals surface area contributed by atoms with Gasteiger partial charge in [0.25, 0.3) is 0 Å². The number of hydrazine groups is 1. The van der Waals surface area contributed by atoms with E-state index in [9.17, 15) is 0 Å². The molecule has 3 N–H and O–H groups in total. The maximum atomic E-state index is 5.72. The van der Waals surface area contributed by atoms with E-state index in [1.54, 1.807) is 0 Å². The number of aromatic nitrogens is 1. The Morgan fingerprint density at radius 1 is 1.41 bits per heavy atom. The average Bonchev–Trinajstić information content (AvgIpc) is 2.38. The number of pyridine rings is 1. The summed E-state index contributed by atoms with van der Waals surface area (Å²) in [4.78, 5) is 4.16. The molecule has 1 saturated carbocycles. The van der Waals surface area contributed by atoms with Crippen LogP contribution in [0, 0.1) is 11.8 Å². The number of rotatable bonds is 4. The van der Waals surface area contributed by atoms with Crippen molar-refractivity contribution in [1.82, 2.24) is 10.4 Å². The molecule has 1 unspecified atom stereocenters. The Balaban J connectivity index is 1.92. The van der Waals surface area contributed by atoms with Crippen LogP contribution >= 0.6 is 0 Å². The highest BCUT2D eigenvalue weighted by atomic mass is 15.2. The molecule has 2 rings (SSSR count).